The van der Waals surface area contributed by atoms with Crippen molar-refractivity contribution in [2.45, 2.75) is 6.18 Å². The first-order valence-corrected chi connectivity index (χ1v) is 6.07. The molecule has 1 N–H and O–H groups in total. The molecule has 0 bridgehead atoms. The lowest BCUT2D eigenvalue weighted by atomic mass is 10.00. The van der Waals surface area contributed by atoms with E-state index in [1.807, 2.05) is 0 Å². The molecule has 0 atom stereocenters. The molecule has 111 valence electrons. The molecule has 4 nitrogen and oxygen atoms in total. The number of imidazole rings is 1. The molecular formula is C14H7F4N4. The molecule has 0 amide bonds. The van der Waals surface area contributed by atoms with E-state index in [9.17, 15) is 17.6 Å². The molecule has 2 heterocycles. The van der Waals surface area contributed by atoms with Crippen molar-refractivity contribution in [1.82, 2.24) is 19.9 Å². The summed E-state index contributed by atoms with van der Waals surface area (Å²) >= 11 is 0. The number of alkyl halides is 3. The summed E-state index contributed by atoms with van der Waals surface area (Å²) < 4.78 is 52.6. The Morgan fingerprint density at radius 2 is 1.95 bits per heavy atom. The molecule has 0 saturated heterocycles. The van der Waals surface area contributed by atoms with E-state index in [1.54, 1.807) is 0 Å². The summed E-state index contributed by atoms with van der Waals surface area (Å²) in [5.41, 5.74) is -1.15. The third-order valence-electron chi connectivity index (χ3n) is 2.96. The molecule has 0 spiro atoms. The molecule has 8 heteroatoms. The SMILES string of the molecule is Fc1ccc(-c2n[c]ncc2-c2ncc[nH]2)c(C(F)(F)F)c1. The van der Waals surface area contributed by atoms with Gasteiger partial charge in [0.05, 0.1) is 16.8 Å². The third kappa shape index (κ3) is 2.54. The van der Waals surface area contributed by atoms with Crippen molar-refractivity contribution in [3.8, 4) is 22.6 Å². The van der Waals surface area contributed by atoms with Gasteiger partial charge in [-0.2, -0.15) is 13.2 Å². The monoisotopic (exact) mass is 307 g/mol. The Labute approximate surface area is 121 Å². The van der Waals surface area contributed by atoms with Crippen LogP contribution >= 0.6 is 0 Å². The maximum Gasteiger partial charge on any atom is 0.417 e. The Kier molecular flexibility index (Phi) is 3.36. The molecule has 1 aromatic carbocycles. The Morgan fingerprint density at radius 3 is 2.64 bits per heavy atom. The second-order valence-electron chi connectivity index (χ2n) is 4.36. The molecule has 2 aromatic heterocycles. The van der Waals surface area contributed by atoms with Crippen LogP contribution in [0.4, 0.5) is 17.6 Å². The zero-order chi connectivity index (χ0) is 15.7. The van der Waals surface area contributed by atoms with Gasteiger partial charge in [0.25, 0.3) is 0 Å². The number of rotatable bonds is 2. The average molecular weight is 307 g/mol. The highest BCUT2D eigenvalue weighted by molar-refractivity contribution is 5.78. The van der Waals surface area contributed by atoms with Gasteiger partial charge >= 0.3 is 6.18 Å². The van der Waals surface area contributed by atoms with Gasteiger partial charge in [-0.1, -0.05) is 0 Å². The fraction of sp³-hybridized carbons (Fsp3) is 0.0714. The Balaban J connectivity index is 2.26. The number of hydrogen-bond acceptors (Lipinski definition) is 3. The van der Waals surface area contributed by atoms with Gasteiger partial charge in [-0.15, -0.1) is 0 Å². The van der Waals surface area contributed by atoms with E-state index >= 15 is 0 Å². The number of halogens is 4. The molecule has 22 heavy (non-hydrogen) atoms. The molecule has 0 saturated carbocycles. The Morgan fingerprint density at radius 1 is 1.14 bits per heavy atom. The summed E-state index contributed by atoms with van der Waals surface area (Å²) in [5, 5.41) is 0. The van der Waals surface area contributed by atoms with Crippen LogP contribution in [0.5, 0.6) is 0 Å². The fourth-order valence-electron chi connectivity index (χ4n) is 2.04. The van der Waals surface area contributed by atoms with Crippen molar-refractivity contribution in [2.24, 2.45) is 0 Å². The van der Waals surface area contributed by atoms with Crippen LogP contribution in [0.15, 0.2) is 36.8 Å². The minimum absolute atomic E-state index is 0.0303. The third-order valence-corrected chi connectivity index (χ3v) is 2.96. The van der Waals surface area contributed by atoms with Crippen LogP contribution in [0.3, 0.4) is 0 Å². The first kappa shape index (κ1) is 14.2. The van der Waals surface area contributed by atoms with Crippen molar-refractivity contribution < 1.29 is 17.6 Å². The molecular weight excluding hydrogens is 300 g/mol. The fourth-order valence-corrected chi connectivity index (χ4v) is 2.04. The summed E-state index contributed by atoms with van der Waals surface area (Å²) in [6.45, 7) is 0. The Hall–Kier alpha value is -2.77. The number of nitrogens with zero attached hydrogens (tertiary/aromatic N) is 3. The average Bonchev–Trinajstić information content (AvgIpc) is 3.00. The smallest absolute Gasteiger partial charge is 0.345 e. The van der Waals surface area contributed by atoms with Gasteiger partial charge in [0.15, 0.2) is 6.33 Å². The van der Waals surface area contributed by atoms with Crippen LogP contribution in [-0.2, 0) is 6.18 Å². The van der Waals surface area contributed by atoms with Gasteiger partial charge in [0, 0.05) is 24.2 Å². The molecule has 0 aliphatic heterocycles. The lowest BCUT2D eigenvalue weighted by Crippen LogP contribution is -2.09. The number of benzene rings is 1. The molecule has 0 aliphatic rings. The molecule has 3 aromatic rings. The van der Waals surface area contributed by atoms with Gasteiger partial charge in [-0.05, 0) is 18.2 Å². The predicted octanol–water partition coefficient (Wildman–Crippen LogP) is 3.49. The van der Waals surface area contributed by atoms with E-state index in [0.717, 1.165) is 12.1 Å². The van der Waals surface area contributed by atoms with Crippen LogP contribution in [0.1, 0.15) is 5.56 Å². The first-order chi connectivity index (χ1) is 10.5. The lowest BCUT2D eigenvalue weighted by molar-refractivity contribution is -0.137. The van der Waals surface area contributed by atoms with E-state index < -0.39 is 17.6 Å². The second kappa shape index (κ2) is 5.21. The number of nitrogens with one attached hydrogen (secondary N) is 1. The summed E-state index contributed by atoms with van der Waals surface area (Å²) in [4.78, 5) is 14.2. The highest BCUT2D eigenvalue weighted by atomic mass is 19.4. The topological polar surface area (TPSA) is 54.5 Å². The van der Waals surface area contributed by atoms with Crippen molar-refractivity contribution in [2.75, 3.05) is 0 Å². The van der Waals surface area contributed by atoms with E-state index in [1.165, 1.54) is 18.6 Å². The highest BCUT2D eigenvalue weighted by Gasteiger charge is 2.35. The molecule has 0 aliphatic carbocycles. The van der Waals surface area contributed by atoms with Crippen molar-refractivity contribution in [1.29, 1.82) is 0 Å². The van der Waals surface area contributed by atoms with Crippen molar-refractivity contribution in [3.63, 3.8) is 0 Å². The Bertz CT molecular complexity index is 797. The molecule has 1 radical (unpaired) electrons. The van der Waals surface area contributed by atoms with Gasteiger partial charge < -0.3 is 4.98 Å². The van der Waals surface area contributed by atoms with Crippen LogP contribution < -0.4 is 0 Å². The summed E-state index contributed by atoms with van der Waals surface area (Å²) in [6, 6.07) is 2.41. The first-order valence-electron chi connectivity index (χ1n) is 6.07. The summed E-state index contributed by atoms with van der Waals surface area (Å²) in [6.07, 6.45) is 1.80. The van der Waals surface area contributed by atoms with Crippen molar-refractivity contribution >= 4 is 0 Å². The second-order valence-corrected chi connectivity index (χ2v) is 4.36. The van der Waals surface area contributed by atoms with Crippen LogP contribution in [0.25, 0.3) is 22.6 Å². The van der Waals surface area contributed by atoms with Gasteiger partial charge in [0.2, 0.25) is 0 Å². The van der Waals surface area contributed by atoms with Crippen LogP contribution in [0.2, 0.25) is 0 Å². The molecule has 0 fully saturated rings. The van der Waals surface area contributed by atoms with Crippen LogP contribution in [-0.4, -0.2) is 19.9 Å². The minimum atomic E-state index is -4.72. The number of aromatic nitrogens is 4. The minimum Gasteiger partial charge on any atom is -0.345 e. The normalized spacial score (nSPS) is 11.6. The molecule has 0 unspecified atom stereocenters. The summed E-state index contributed by atoms with van der Waals surface area (Å²) in [5.74, 6) is -0.671. The standard InChI is InChI=1S/C14H7F4N4/c15-8-1-2-9(11(5-8)14(16,17)18)12-10(6-19-7-22-12)13-20-3-4-21-13/h1-6H,(H,20,21). The molecule has 3 rings (SSSR count). The zero-order valence-electron chi connectivity index (χ0n) is 10.8. The number of H-pyrrole nitrogens is 1. The number of hydrogen-bond donors (Lipinski definition) is 1. The van der Waals surface area contributed by atoms with Gasteiger partial charge in [-0.25, -0.2) is 19.3 Å². The largest absolute Gasteiger partial charge is 0.417 e. The zero-order valence-corrected chi connectivity index (χ0v) is 10.8. The quantitative estimate of drug-likeness (QED) is 0.737. The van der Waals surface area contributed by atoms with Gasteiger partial charge in [0.1, 0.15) is 11.6 Å². The van der Waals surface area contributed by atoms with Crippen molar-refractivity contribution in [3.05, 3.63) is 54.5 Å². The lowest BCUT2D eigenvalue weighted by Gasteiger charge is -2.14. The van der Waals surface area contributed by atoms with E-state index in [4.69, 9.17) is 0 Å². The maximum atomic E-state index is 13.2. The van der Waals surface area contributed by atoms with E-state index in [0.29, 0.717) is 11.9 Å². The van der Waals surface area contributed by atoms with E-state index in [2.05, 4.69) is 26.3 Å². The number of aromatic amines is 1. The predicted molar refractivity (Wildman–Crippen MR) is 68.8 cm³/mol. The maximum absolute atomic E-state index is 13.2. The highest BCUT2D eigenvalue weighted by Crippen LogP contribution is 2.39. The van der Waals surface area contributed by atoms with Crippen LogP contribution in [0, 0.1) is 12.1 Å². The van der Waals surface area contributed by atoms with Gasteiger partial charge in [-0.3, -0.25) is 0 Å². The van der Waals surface area contributed by atoms with E-state index in [-0.39, 0.29) is 16.8 Å². The summed E-state index contributed by atoms with van der Waals surface area (Å²) in [7, 11) is 0.